The first-order valence-electron chi connectivity index (χ1n) is 8.67. The zero-order chi connectivity index (χ0) is 19.1. The third kappa shape index (κ3) is 5.95. The predicted octanol–water partition coefficient (Wildman–Crippen LogP) is 2.47. The van der Waals surface area contributed by atoms with E-state index in [4.69, 9.17) is 5.73 Å². The van der Waals surface area contributed by atoms with Crippen LogP contribution in [0.5, 0.6) is 0 Å². The molecule has 0 aliphatic rings. The van der Waals surface area contributed by atoms with E-state index in [2.05, 4.69) is 24.1 Å². The molecule has 0 radical (unpaired) electrons. The van der Waals surface area contributed by atoms with Gasteiger partial charge in [0.2, 0.25) is 0 Å². The van der Waals surface area contributed by atoms with Gasteiger partial charge in [-0.25, -0.2) is 0 Å². The van der Waals surface area contributed by atoms with Gasteiger partial charge in [0.1, 0.15) is 5.54 Å². The fraction of sp³-hybridized carbons (Fsp3) is 0.667. The van der Waals surface area contributed by atoms with E-state index in [9.17, 15) is 18.3 Å². The van der Waals surface area contributed by atoms with E-state index in [-0.39, 0.29) is 0 Å². The summed E-state index contributed by atoms with van der Waals surface area (Å²) in [6, 6.07) is 6.51. The molecule has 1 aromatic carbocycles. The minimum absolute atomic E-state index is 0.439. The summed E-state index contributed by atoms with van der Waals surface area (Å²) in [5, 5.41) is 12.1. The number of benzene rings is 1. The molecular weight excluding hydrogens is 331 g/mol. The Morgan fingerprint density at radius 1 is 1.24 bits per heavy atom. The molecule has 1 aromatic rings. The molecule has 7 heteroatoms. The maximum Gasteiger partial charge on any atom is 0.407 e. The highest BCUT2D eigenvalue weighted by Crippen LogP contribution is 2.31. The van der Waals surface area contributed by atoms with Gasteiger partial charge >= 0.3 is 6.18 Å². The minimum atomic E-state index is -4.50. The molecule has 0 amide bonds. The highest BCUT2D eigenvalue weighted by Gasteiger charge is 2.51. The van der Waals surface area contributed by atoms with Crippen LogP contribution in [-0.2, 0) is 6.42 Å². The second-order valence-electron chi connectivity index (χ2n) is 6.44. The molecule has 0 aliphatic carbocycles. The van der Waals surface area contributed by atoms with Crippen LogP contribution in [0.1, 0.15) is 37.9 Å². The minimum Gasteiger partial charge on any atom is -0.394 e. The third-order valence-corrected chi connectivity index (χ3v) is 4.67. The van der Waals surface area contributed by atoms with Crippen LogP contribution in [0, 0.1) is 0 Å². The molecule has 0 saturated carbocycles. The molecule has 0 spiro atoms. The van der Waals surface area contributed by atoms with Crippen LogP contribution in [0.15, 0.2) is 24.3 Å². The molecule has 0 saturated heterocycles. The Labute approximate surface area is 148 Å². The molecule has 1 unspecified atom stereocenters. The number of nitrogens with zero attached hydrogens (tertiary/aromatic N) is 1. The number of rotatable bonds is 10. The number of halogens is 3. The smallest absolute Gasteiger partial charge is 0.394 e. The van der Waals surface area contributed by atoms with Crippen molar-refractivity contribution in [3.63, 3.8) is 0 Å². The topological polar surface area (TPSA) is 61.5 Å². The maximum absolute atomic E-state index is 13.3. The van der Waals surface area contributed by atoms with Gasteiger partial charge < -0.3 is 15.7 Å². The van der Waals surface area contributed by atoms with Crippen LogP contribution >= 0.6 is 0 Å². The van der Waals surface area contributed by atoms with Gasteiger partial charge in [-0.15, -0.1) is 0 Å². The van der Waals surface area contributed by atoms with Gasteiger partial charge in [-0.2, -0.15) is 13.2 Å². The van der Waals surface area contributed by atoms with E-state index in [1.807, 2.05) is 18.2 Å². The van der Waals surface area contributed by atoms with Crippen molar-refractivity contribution >= 4 is 0 Å². The monoisotopic (exact) mass is 361 g/mol. The van der Waals surface area contributed by atoms with Crippen LogP contribution in [0.2, 0.25) is 0 Å². The molecule has 0 heterocycles. The molecule has 4 nitrogen and oxygen atoms in total. The molecule has 1 rings (SSSR count). The quantitative estimate of drug-likeness (QED) is 0.599. The summed E-state index contributed by atoms with van der Waals surface area (Å²) in [4.78, 5) is 2.28. The van der Waals surface area contributed by atoms with Crippen LogP contribution in [-0.4, -0.2) is 54.5 Å². The summed E-state index contributed by atoms with van der Waals surface area (Å²) < 4.78 is 39.8. The van der Waals surface area contributed by atoms with Crippen molar-refractivity contribution in [1.29, 1.82) is 0 Å². The van der Waals surface area contributed by atoms with E-state index < -0.39 is 30.9 Å². The van der Waals surface area contributed by atoms with E-state index in [0.29, 0.717) is 5.56 Å². The second-order valence-corrected chi connectivity index (χ2v) is 6.44. The first kappa shape index (κ1) is 21.9. The fourth-order valence-electron chi connectivity index (χ4n) is 2.67. The Balaban J connectivity index is 2.91. The van der Waals surface area contributed by atoms with Gasteiger partial charge in [0.15, 0.2) is 0 Å². The van der Waals surface area contributed by atoms with Crippen molar-refractivity contribution in [2.75, 3.05) is 32.8 Å². The number of aliphatic hydroxyl groups excluding tert-OH is 1. The average Bonchev–Trinajstić information content (AvgIpc) is 2.59. The second kappa shape index (κ2) is 9.52. The Morgan fingerprint density at radius 3 is 2.36 bits per heavy atom. The number of hydrogen-bond donors (Lipinski definition) is 3. The van der Waals surface area contributed by atoms with E-state index in [1.54, 1.807) is 6.07 Å². The lowest BCUT2D eigenvalue weighted by Crippen LogP contribution is -2.60. The third-order valence-electron chi connectivity index (χ3n) is 4.67. The van der Waals surface area contributed by atoms with Crippen LogP contribution in [0.3, 0.4) is 0 Å². The SMILES string of the molecule is CCN(CC)CCc1cccc(C(CO)N[C@](C)(CN)C(F)(F)F)c1. The predicted molar refractivity (Wildman–Crippen MR) is 94.4 cm³/mol. The standard InChI is InChI=1S/C18H30F3N3O/c1-4-24(5-2)10-9-14-7-6-8-15(11-14)16(12-25)23-17(3,13-22)18(19,20)21/h6-8,11,16,23,25H,4-5,9-10,12-13,22H2,1-3H3/t16?,17-/m1/s1. The zero-order valence-electron chi connectivity index (χ0n) is 15.2. The van der Waals surface area contributed by atoms with Gasteiger partial charge in [-0.1, -0.05) is 38.1 Å². The van der Waals surface area contributed by atoms with Crippen LogP contribution < -0.4 is 11.1 Å². The van der Waals surface area contributed by atoms with Gasteiger partial charge in [0.05, 0.1) is 12.6 Å². The Bertz CT molecular complexity index is 521. The fourth-order valence-corrected chi connectivity index (χ4v) is 2.67. The van der Waals surface area contributed by atoms with Crippen molar-refractivity contribution in [2.45, 2.75) is 44.9 Å². The normalized spacial score (nSPS) is 16.0. The summed E-state index contributed by atoms with van der Waals surface area (Å²) in [5.41, 5.74) is 4.76. The summed E-state index contributed by atoms with van der Waals surface area (Å²) in [5.74, 6) is 0. The number of nitrogens with two attached hydrogens (primary N) is 1. The van der Waals surface area contributed by atoms with Crippen LogP contribution in [0.4, 0.5) is 13.2 Å². The number of likely N-dealkylation sites (N-methyl/N-ethyl adjacent to an activating group) is 1. The summed E-state index contributed by atoms with van der Waals surface area (Å²) >= 11 is 0. The molecule has 144 valence electrons. The largest absolute Gasteiger partial charge is 0.407 e. The first-order chi connectivity index (χ1) is 11.7. The lowest BCUT2D eigenvalue weighted by Gasteiger charge is -2.35. The number of hydrogen-bond acceptors (Lipinski definition) is 4. The molecule has 0 aliphatic heterocycles. The van der Waals surface area contributed by atoms with E-state index in [1.165, 1.54) is 0 Å². The van der Waals surface area contributed by atoms with Crippen molar-refractivity contribution in [1.82, 2.24) is 10.2 Å². The molecule has 2 atom stereocenters. The molecular formula is C18H30F3N3O. The van der Waals surface area contributed by atoms with Gasteiger partial charge in [-0.05, 0) is 37.6 Å². The lowest BCUT2D eigenvalue weighted by atomic mass is 9.96. The Morgan fingerprint density at radius 2 is 1.88 bits per heavy atom. The van der Waals surface area contributed by atoms with Gasteiger partial charge in [-0.3, -0.25) is 5.32 Å². The van der Waals surface area contributed by atoms with Crippen molar-refractivity contribution in [2.24, 2.45) is 5.73 Å². The summed E-state index contributed by atoms with van der Waals surface area (Å²) in [6.45, 7) is 6.96. The molecule has 25 heavy (non-hydrogen) atoms. The molecule has 0 aromatic heterocycles. The highest BCUT2D eigenvalue weighted by atomic mass is 19.4. The summed E-state index contributed by atoms with van der Waals surface area (Å²) in [6.07, 6.45) is -3.70. The highest BCUT2D eigenvalue weighted by molar-refractivity contribution is 5.27. The first-order valence-corrected chi connectivity index (χ1v) is 8.67. The summed E-state index contributed by atoms with van der Waals surface area (Å²) in [7, 11) is 0. The van der Waals surface area contributed by atoms with Crippen molar-refractivity contribution < 1.29 is 18.3 Å². The molecule has 0 fully saturated rings. The van der Waals surface area contributed by atoms with Gasteiger partial charge in [0, 0.05) is 13.1 Å². The number of aliphatic hydroxyl groups is 1. The number of alkyl halides is 3. The van der Waals surface area contributed by atoms with E-state index >= 15 is 0 Å². The van der Waals surface area contributed by atoms with E-state index in [0.717, 1.165) is 38.5 Å². The zero-order valence-corrected chi connectivity index (χ0v) is 15.2. The molecule has 0 bridgehead atoms. The maximum atomic E-state index is 13.3. The van der Waals surface area contributed by atoms with Crippen molar-refractivity contribution in [3.8, 4) is 0 Å². The lowest BCUT2D eigenvalue weighted by molar-refractivity contribution is -0.191. The van der Waals surface area contributed by atoms with Crippen LogP contribution in [0.25, 0.3) is 0 Å². The van der Waals surface area contributed by atoms with Gasteiger partial charge in [0.25, 0.3) is 0 Å². The Kier molecular flexibility index (Phi) is 8.34. The Hall–Kier alpha value is -1.15. The molecule has 4 N–H and O–H groups in total. The number of nitrogens with one attached hydrogen (secondary N) is 1. The van der Waals surface area contributed by atoms with Crippen molar-refractivity contribution in [3.05, 3.63) is 35.4 Å². The average molecular weight is 361 g/mol.